The van der Waals surface area contributed by atoms with Crippen LogP contribution in [0.15, 0.2) is 65.7 Å². The van der Waals surface area contributed by atoms with Crippen LogP contribution in [0.1, 0.15) is 32.8 Å². The van der Waals surface area contributed by atoms with Gasteiger partial charge in [0, 0.05) is 23.4 Å². The van der Waals surface area contributed by atoms with E-state index in [9.17, 15) is 4.79 Å². The highest BCUT2D eigenvalue weighted by atomic mass is 32.2. The first-order valence-corrected chi connectivity index (χ1v) is 11.9. The molecule has 1 aromatic heterocycles. The number of rotatable bonds is 7. The number of hydrogen-bond acceptors (Lipinski definition) is 5. The Kier molecular flexibility index (Phi) is 6.77. The number of benzene rings is 2. The van der Waals surface area contributed by atoms with Gasteiger partial charge >= 0.3 is 0 Å². The molecule has 164 valence electrons. The smallest absolute Gasteiger partial charge is 0.266 e. The van der Waals surface area contributed by atoms with Crippen molar-refractivity contribution in [3.8, 4) is 22.7 Å². The second kappa shape index (κ2) is 9.71. The molecular formula is C25H25N3O2S2. The van der Waals surface area contributed by atoms with Gasteiger partial charge in [-0.25, -0.2) is 4.68 Å². The number of carbonyl (C=O) groups excluding carboxylic acids is 1. The minimum atomic E-state index is -0.0422. The Hall–Kier alpha value is -2.90. The van der Waals surface area contributed by atoms with E-state index in [1.165, 1.54) is 11.8 Å². The molecule has 0 bridgehead atoms. The molecule has 7 heteroatoms. The summed E-state index contributed by atoms with van der Waals surface area (Å²) in [6, 6.07) is 17.9. The Morgan fingerprint density at radius 1 is 1.12 bits per heavy atom. The van der Waals surface area contributed by atoms with Crippen LogP contribution in [0.5, 0.6) is 5.75 Å². The first-order valence-electron chi connectivity index (χ1n) is 10.7. The lowest BCUT2D eigenvalue weighted by molar-refractivity contribution is -0.123. The lowest BCUT2D eigenvalue weighted by Gasteiger charge is -2.21. The lowest BCUT2D eigenvalue weighted by atomic mass is 10.1. The topological polar surface area (TPSA) is 47.4 Å². The molecule has 1 amide bonds. The van der Waals surface area contributed by atoms with Crippen molar-refractivity contribution < 1.29 is 9.53 Å². The van der Waals surface area contributed by atoms with E-state index >= 15 is 0 Å². The van der Waals surface area contributed by atoms with Gasteiger partial charge in [-0.2, -0.15) is 5.10 Å². The summed E-state index contributed by atoms with van der Waals surface area (Å²) in [7, 11) is 0. The largest absolute Gasteiger partial charge is 0.494 e. The summed E-state index contributed by atoms with van der Waals surface area (Å²) < 4.78 is 8.02. The Morgan fingerprint density at radius 3 is 2.50 bits per heavy atom. The standard InChI is InChI=1S/C25H25N3O2S2/c1-4-17(3)28-24(29)22(32-25(28)31)15-19-16-27(20-9-7-6-8-10-20)26-23(19)18-11-13-21(14-12-18)30-5-2/h6-17H,4-5H2,1-3H3/b22-15+. The van der Waals surface area contributed by atoms with Gasteiger partial charge in [-0.05, 0) is 62.7 Å². The molecule has 0 aliphatic carbocycles. The van der Waals surface area contributed by atoms with Crippen molar-refractivity contribution in [1.82, 2.24) is 14.7 Å². The number of para-hydroxylation sites is 1. The molecule has 32 heavy (non-hydrogen) atoms. The third-order valence-corrected chi connectivity index (χ3v) is 6.67. The number of nitrogens with zero attached hydrogens (tertiary/aromatic N) is 3. The number of thioether (sulfide) groups is 1. The van der Waals surface area contributed by atoms with Gasteiger partial charge in [0.15, 0.2) is 0 Å². The molecular weight excluding hydrogens is 438 g/mol. The highest BCUT2D eigenvalue weighted by Gasteiger charge is 2.35. The Morgan fingerprint density at radius 2 is 1.84 bits per heavy atom. The molecule has 1 atom stereocenters. The van der Waals surface area contributed by atoms with Crippen molar-refractivity contribution in [3.05, 3.63) is 71.3 Å². The quantitative estimate of drug-likeness (QED) is 0.321. The van der Waals surface area contributed by atoms with Crippen molar-refractivity contribution >= 4 is 40.3 Å². The second-order valence-corrected chi connectivity index (χ2v) is 9.16. The highest BCUT2D eigenvalue weighted by Crippen LogP contribution is 2.36. The Bertz CT molecular complexity index is 1150. The van der Waals surface area contributed by atoms with E-state index in [1.54, 1.807) is 4.90 Å². The van der Waals surface area contributed by atoms with Crippen molar-refractivity contribution in [1.29, 1.82) is 0 Å². The summed E-state index contributed by atoms with van der Waals surface area (Å²) in [6.45, 7) is 6.65. The molecule has 0 saturated carbocycles. The molecule has 2 heterocycles. The van der Waals surface area contributed by atoms with Crippen LogP contribution in [0.3, 0.4) is 0 Å². The fourth-order valence-corrected chi connectivity index (χ4v) is 4.94. The summed E-state index contributed by atoms with van der Waals surface area (Å²) in [4.78, 5) is 15.4. The first-order chi connectivity index (χ1) is 15.5. The molecule has 0 N–H and O–H groups in total. The van der Waals surface area contributed by atoms with Crippen LogP contribution in [-0.2, 0) is 4.79 Å². The molecule has 0 spiro atoms. The van der Waals surface area contributed by atoms with Crippen LogP contribution in [0.2, 0.25) is 0 Å². The molecule has 1 saturated heterocycles. The zero-order valence-corrected chi connectivity index (χ0v) is 20.0. The van der Waals surface area contributed by atoms with Crippen LogP contribution in [0.4, 0.5) is 0 Å². The first kappa shape index (κ1) is 22.3. The second-order valence-electron chi connectivity index (χ2n) is 7.48. The molecule has 1 aliphatic rings. The molecule has 1 aliphatic heterocycles. The van der Waals surface area contributed by atoms with E-state index < -0.39 is 0 Å². The van der Waals surface area contributed by atoms with Crippen molar-refractivity contribution in [3.63, 3.8) is 0 Å². The summed E-state index contributed by atoms with van der Waals surface area (Å²) in [5.74, 6) is 0.772. The van der Waals surface area contributed by atoms with E-state index in [-0.39, 0.29) is 11.9 Å². The van der Waals surface area contributed by atoms with Crippen LogP contribution in [0.25, 0.3) is 23.0 Å². The fourth-order valence-electron chi connectivity index (χ4n) is 3.49. The molecule has 5 nitrogen and oxygen atoms in total. The molecule has 1 unspecified atom stereocenters. The molecule has 0 radical (unpaired) electrons. The van der Waals surface area contributed by atoms with Crippen molar-refractivity contribution in [2.45, 2.75) is 33.2 Å². The maximum absolute atomic E-state index is 13.1. The average Bonchev–Trinajstić information content (AvgIpc) is 3.35. The monoisotopic (exact) mass is 463 g/mol. The molecule has 2 aromatic carbocycles. The molecule has 3 aromatic rings. The Balaban J connectivity index is 1.77. The van der Waals surface area contributed by atoms with Gasteiger partial charge in [-0.3, -0.25) is 9.69 Å². The van der Waals surface area contributed by atoms with Crippen molar-refractivity contribution in [2.24, 2.45) is 0 Å². The van der Waals surface area contributed by atoms with Crippen LogP contribution < -0.4 is 4.74 Å². The van der Waals surface area contributed by atoms with E-state index in [2.05, 4.69) is 6.92 Å². The van der Waals surface area contributed by atoms with Crippen LogP contribution >= 0.6 is 24.0 Å². The SMILES string of the molecule is CCOc1ccc(-c2nn(-c3ccccc3)cc2/C=C2/SC(=S)N(C(C)CC)C2=O)cc1. The van der Waals surface area contributed by atoms with E-state index in [4.69, 9.17) is 22.1 Å². The van der Waals surface area contributed by atoms with Crippen LogP contribution in [-0.4, -0.2) is 37.6 Å². The number of thiocarbonyl (C=S) groups is 1. The minimum Gasteiger partial charge on any atom is -0.494 e. The third-order valence-electron chi connectivity index (χ3n) is 5.34. The van der Waals surface area contributed by atoms with Crippen molar-refractivity contribution in [2.75, 3.05) is 6.61 Å². The number of amides is 1. The molecule has 1 fully saturated rings. The molecule has 4 rings (SSSR count). The predicted molar refractivity (Wildman–Crippen MR) is 135 cm³/mol. The number of carbonyl (C=O) groups is 1. The lowest BCUT2D eigenvalue weighted by Crippen LogP contribution is -2.36. The Labute approximate surface area is 198 Å². The summed E-state index contributed by atoms with van der Waals surface area (Å²) >= 11 is 6.84. The fraction of sp³-hybridized carbons (Fsp3) is 0.240. The summed E-state index contributed by atoms with van der Waals surface area (Å²) in [6.07, 6.45) is 4.71. The summed E-state index contributed by atoms with van der Waals surface area (Å²) in [5.41, 5.74) is 3.56. The number of hydrogen-bond donors (Lipinski definition) is 0. The van der Waals surface area contributed by atoms with Gasteiger partial charge in [0.2, 0.25) is 0 Å². The predicted octanol–water partition coefficient (Wildman–Crippen LogP) is 5.94. The zero-order valence-electron chi connectivity index (χ0n) is 18.3. The number of aromatic nitrogens is 2. The van der Waals surface area contributed by atoms with Gasteiger partial charge in [0.25, 0.3) is 5.91 Å². The zero-order chi connectivity index (χ0) is 22.7. The number of ether oxygens (including phenoxy) is 1. The van der Waals surface area contributed by atoms with E-state index in [1.807, 2.05) is 85.4 Å². The average molecular weight is 464 g/mol. The van der Waals surface area contributed by atoms with Gasteiger partial charge in [0.1, 0.15) is 10.1 Å². The van der Waals surface area contributed by atoms with Gasteiger partial charge < -0.3 is 4.74 Å². The maximum atomic E-state index is 13.1. The summed E-state index contributed by atoms with van der Waals surface area (Å²) in [5, 5.41) is 4.85. The highest BCUT2D eigenvalue weighted by molar-refractivity contribution is 8.26. The van der Waals surface area contributed by atoms with Crippen LogP contribution in [0, 0.1) is 0 Å². The van der Waals surface area contributed by atoms with E-state index in [0.717, 1.165) is 34.7 Å². The van der Waals surface area contributed by atoms with Gasteiger partial charge in [0.05, 0.1) is 22.9 Å². The minimum absolute atomic E-state index is 0.0422. The maximum Gasteiger partial charge on any atom is 0.266 e. The third kappa shape index (κ3) is 4.49. The normalized spacial score (nSPS) is 16.1. The van der Waals surface area contributed by atoms with Gasteiger partial charge in [-0.1, -0.05) is 49.1 Å². The van der Waals surface area contributed by atoms with E-state index in [0.29, 0.717) is 15.8 Å². The van der Waals surface area contributed by atoms with Gasteiger partial charge in [-0.15, -0.1) is 0 Å².